The van der Waals surface area contributed by atoms with Crippen LogP contribution in [0, 0.1) is 17.2 Å². The summed E-state index contributed by atoms with van der Waals surface area (Å²) in [7, 11) is 0. The standard InChI is InChI=1S/C18H20N2O/c19-13-14-6-4-9-16(12-14)20-18(17-10-5-11-21-17)15-7-2-1-3-8-15/h1-3,5,7-8,10-11,14,16,18,20H,4,6,9,12H2/t14-,16+,18+/m1/s1. The Morgan fingerprint density at radius 1 is 1.14 bits per heavy atom. The first-order chi connectivity index (χ1) is 10.4. The van der Waals surface area contributed by atoms with Gasteiger partial charge in [-0.15, -0.1) is 0 Å². The highest BCUT2D eigenvalue weighted by Crippen LogP contribution is 2.28. The van der Waals surface area contributed by atoms with E-state index < -0.39 is 0 Å². The quantitative estimate of drug-likeness (QED) is 0.919. The lowest BCUT2D eigenvalue weighted by Crippen LogP contribution is -2.37. The molecule has 0 bridgehead atoms. The first-order valence-corrected chi connectivity index (χ1v) is 7.61. The van der Waals surface area contributed by atoms with E-state index in [2.05, 4.69) is 23.5 Å². The summed E-state index contributed by atoms with van der Waals surface area (Å²) in [6.45, 7) is 0. The molecule has 0 aliphatic heterocycles. The van der Waals surface area contributed by atoms with Gasteiger partial charge < -0.3 is 9.73 Å². The Kier molecular flexibility index (Phi) is 4.37. The van der Waals surface area contributed by atoms with Gasteiger partial charge in [0.1, 0.15) is 5.76 Å². The van der Waals surface area contributed by atoms with Crippen LogP contribution in [0.15, 0.2) is 53.1 Å². The number of furan rings is 1. The van der Waals surface area contributed by atoms with E-state index in [1.807, 2.05) is 30.3 Å². The van der Waals surface area contributed by atoms with Crippen molar-refractivity contribution in [3.63, 3.8) is 0 Å². The maximum atomic E-state index is 9.15. The van der Waals surface area contributed by atoms with Crippen LogP contribution in [-0.4, -0.2) is 6.04 Å². The second-order valence-corrected chi connectivity index (χ2v) is 5.72. The Morgan fingerprint density at radius 3 is 2.71 bits per heavy atom. The normalized spacial score (nSPS) is 23.4. The van der Waals surface area contributed by atoms with Crippen LogP contribution < -0.4 is 5.32 Å². The third kappa shape index (κ3) is 3.34. The molecule has 1 fully saturated rings. The van der Waals surface area contributed by atoms with E-state index in [4.69, 9.17) is 9.68 Å². The summed E-state index contributed by atoms with van der Waals surface area (Å²) in [5.41, 5.74) is 1.20. The summed E-state index contributed by atoms with van der Waals surface area (Å²) in [5.74, 6) is 1.12. The first-order valence-electron chi connectivity index (χ1n) is 7.61. The van der Waals surface area contributed by atoms with Gasteiger partial charge in [0.25, 0.3) is 0 Å². The SMILES string of the molecule is N#C[C@@H]1CCC[C@H](N[C@@H](c2ccccc2)c2ccco2)C1. The van der Waals surface area contributed by atoms with Crippen LogP contribution in [0.2, 0.25) is 0 Å². The van der Waals surface area contributed by atoms with Gasteiger partial charge in [-0.05, 0) is 37.0 Å². The Bertz CT molecular complexity index is 585. The lowest BCUT2D eigenvalue weighted by atomic mass is 9.86. The average Bonchev–Trinajstić information content (AvgIpc) is 3.08. The molecule has 1 saturated carbocycles. The Hall–Kier alpha value is -2.05. The van der Waals surface area contributed by atoms with Crippen molar-refractivity contribution in [3.05, 3.63) is 60.1 Å². The van der Waals surface area contributed by atoms with Crippen molar-refractivity contribution in [1.82, 2.24) is 5.32 Å². The van der Waals surface area contributed by atoms with Gasteiger partial charge in [0.2, 0.25) is 0 Å². The number of hydrogen-bond acceptors (Lipinski definition) is 3. The summed E-state index contributed by atoms with van der Waals surface area (Å²) in [6, 6.07) is 17.1. The molecule has 2 aromatic rings. The molecule has 1 heterocycles. The minimum atomic E-state index is 0.0589. The monoisotopic (exact) mass is 280 g/mol. The minimum absolute atomic E-state index is 0.0589. The highest BCUT2D eigenvalue weighted by molar-refractivity contribution is 5.26. The fourth-order valence-electron chi connectivity index (χ4n) is 3.14. The number of benzene rings is 1. The largest absolute Gasteiger partial charge is 0.467 e. The number of hydrogen-bond donors (Lipinski definition) is 1. The van der Waals surface area contributed by atoms with Crippen molar-refractivity contribution in [2.75, 3.05) is 0 Å². The number of nitrogens with zero attached hydrogens (tertiary/aromatic N) is 1. The lowest BCUT2D eigenvalue weighted by Gasteiger charge is -2.30. The van der Waals surface area contributed by atoms with Crippen LogP contribution >= 0.6 is 0 Å². The van der Waals surface area contributed by atoms with E-state index in [9.17, 15) is 0 Å². The first kappa shape index (κ1) is 13.9. The summed E-state index contributed by atoms with van der Waals surface area (Å²) >= 11 is 0. The van der Waals surface area contributed by atoms with E-state index in [0.29, 0.717) is 6.04 Å². The number of nitriles is 1. The van der Waals surface area contributed by atoms with Crippen molar-refractivity contribution in [3.8, 4) is 6.07 Å². The van der Waals surface area contributed by atoms with Gasteiger partial charge in [0.15, 0.2) is 0 Å². The van der Waals surface area contributed by atoms with E-state index >= 15 is 0 Å². The highest BCUT2D eigenvalue weighted by atomic mass is 16.3. The van der Waals surface area contributed by atoms with Gasteiger partial charge in [-0.2, -0.15) is 5.26 Å². The topological polar surface area (TPSA) is 49.0 Å². The molecule has 0 radical (unpaired) electrons. The Balaban J connectivity index is 1.79. The van der Waals surface area contributed by atoms with Crippen LogP contribution in [0.3, 0.4) is 0 Å². The van der Waals surface area contributed by atoms with Crippen LogP contribution in [0.25, 0.3) is 0 Å². The Labute approximate surface area is 125 Å². The molecule has 3 heteroatoms. The molecule has 21 heavy (non-hydrogen) atoms. The fraction of sp³-hybridized carbons (Fsp3) is 0.389. The minimum Gasteiger partial charge on any atom is -0.467 e. The van der Waals surface area contributed by atoms with Crippen molar-refractivity contribution in [2.45, 2.75) is 37.8 Å². The van der Waals surface area contributed by atoms with Crippen LogP contribution in [0.5, 0.6) is 0 Å². The summed E-state index contributed by atoms with van der Waals surface area (Å²) in [4.78, 5) is 0. The molecular formula is C18H20N2O. The van der Waals surface area contributed by atoms with Gasteiger partial charge >= 0.3 is 0 Å². The number of nitrogens with one attached hydrogen (secondary N) is 1. The van der Waals surface area contributed by atoms with E-state index in [-0.39, 0.29) is 12.0 Å². The molecule has 0 amide bonds. The molecular weight excluding hydrogens is 260 g/mol. The molecule has 1 aliphatic carbocycles. The summed E-state index contributed by atoms with van der Waals surface area (Å²) in [6.07, 6.45) is 5.93. The van der Waals surface area contributed by atoms with E-state index in [1.54, 1.807) is 6.26 Å². The van der Waals surface area contributed by atoms with Gasteiger partial charge in [0.05, 0.1) is 18.4 Å². The average molecular weight is 280 g/mol. The van der Waals surface area contributed by atoms with E-state index in [1.165, 1.54) is 5.56 Å². The van der Waals surface area contributed by atoms with E-state index in [0.717, 1.165) is 31.4 Å². The van der Waals surface area contributed by atoms with Crippen LogP contribution in [0.1, 0.15) is 43.0 Å². The molecule has 108 valence electrons. The summed E-state index contributed by atoms with van der Waals surface area (Å²) < 4.78 is 5.62. The van der Waals surface area contributed by atoms with Gasteiger partial charge in [-0.25, -0.2) is 0 Å². The molecule has 0 saturated heterocycles. The lowest BCUT2D eigenvalue weighted by molar-refractivity contribution is 0.300. The maximum Gasteiger partial charge on any atom is 0.125 e. The second kappa shape index (κ2) is 6.60. The molecule has 1 aromatic carbocycles. The zero-order valence-corrected chi connectivity index (χ0v) is 12.0. The molecule has 1 N–H and O–H groups in total. The maximum absolute atomic E-state index is 9.15. The molecule has 3 atom stereocenters. The fourth-order valence-corrected chi connectivity index (χ4v) is 3.14. The zero-order valence-electron chi connectivity index (χ0n) is 12.0. The predicted octanol–water partition coefficient (Wildman–Crippen LogP) is 4.04. The smallest absolute Gasteiger partial charge is 0.125 e. The molecule has 0 unspecified atom stereocenters. The third-order valence-corrected chi connectivity index (χ3v) is 4.22. The van der Waals surface area contributed by atoms with Crippen LogP contribution in [-0.2, 0) is 0 Å². The predicted molar refractivity (Wildman–Crippen MR) is 81.5 cm³/mol. The highest BCUT2D eigenvalue weighted by Gasteiger charge is 2.26. The summed E-state index contributed by atoms with van der Waals surface area (Å²) in [5, 5.41) is 12.8. The van der Waals surface area contributed by atoms with Gasteiger partial charge in [-0.3, -0.25) is 0 Å². The van der Waals surface area contributed by atoms with Crippen molar-refractivity contribution < 1.29 is 4.42 Å². The van der Waals surface area contributed by atoms with Crippen molar-refractivity contribution in [2.24, 2.45) is 5.92 Å². The van der Waals surface area contributed by atoms with Crippen molar-refractivity contribution in [1.29, 1.82) is 5.26 Å². The molecule has 3 nitrogen and oxygen atoms in total. The molecule has 1 aliphatic rings. The number of rotatable bonds is 4. The second-order valence-electron chi connectivity index (χ2n) is 5.72. The molecule has 0 spiro atoms. The molecule has 3 rings (SSSR count). The van der Waals surface area contributed by atoms with Crippen molar-refractivity contribution >= 4 is 0 Å². The van der Waals surface area contributed by atoms with Gasteiger partial charge in [0, 0.05) is 12.0 Å². The Morgan fingerprint density at radius 2 is 2.00 bits per heavy atom. The van der Waals surface area contributed by atoms with Crippen LogP contribution in [0.4, 0.5) is 0 Å². The zero-order chi connectivity index (χ0) is 14.5. The van der Waals surface area contributed by atoms with Gasteiger partial charge in [-0.1, -0.05) is 36.8 Å². The molecule has 1 aromatic heterocycles. The third-order valence-electron chi connectivity index (χ3n) is 4.22.